The molecular weight excluding hydrogens is 705 g/mol. The SMILES string of the molecule is C1=CC(Nc2ccccc2-c2ccc(N(c3ccccc3)c3cccc(N(c4ccccc4)c4ccc5c6ccccc6n(-c6ccccc6)c5c4)c3)cc2)=CCC1. The number of rotatable bonds is 10. The lowest BCUT2D eigenvalue weighted by Crippen LogP contribution is -2.13. The average molecular weight is 747 g/mol. The monoisotopic (exact) mass is 746 g/mol. The molecule has 4 heteroatoms. The number of fused-ring (bicyclic) bond motifs is 3. The van der Waals surface area contributed by atoms with Gasteiger partial charge in [-0.3, -0.25) is 0 Å². The van der Waals surface area contributed by atoms with Gasteiger partial charge in [0.05, 0.1) is 11.0 Å². The molecule has 0 radical (unpaired) electrons. The number of nitrogens with zero attached hydrogens (tertiary/aromatic N) is 3. The normalized spacial score (nSPS) is 12.4. The Balaban J connectivity index is 1.07. The first-order valence-corrected chi connectivity index (χ1v) is 20.0. The highest BCUT2D eigenvalue weighted by molar-refractivity contribution is 6.10. The molecular formula is C54H42N4. The third kappa shape index (κ3) is 6.71. The zero-order valence-electron chi connectivity index (χ0n) is 32.1. The number of allylic oxidation sites excluding steroid dienone is 3. The van der Waals surface area contributed by atoms with E-state index in [4.69, 9.17) is 0 Å². The van der Waals surface area contributed by atoms with Crippen molar-refractivity contribution in [2.75, 3.05) is 15.1 Å². The fourth-order valence-corrected chi connectivity index (χ4v) is 8.27. The molecule has 10 rings (SSSR count). The van der Waals surface area contributed by atoms with Crippen LogP contribution in [0.15, 0.2) is 230 Å². The highest BCUT2D eigenvalue weighted by Crippen LogP contribution is 2.43. The van der Waals surface area contributed by atoms with Crippen molar-refractivity contribution in [2.24, 2.45) is 0 Å². The number of anilines is 7. The third-order valence-electron chi connectivity index (χ3n) is 10.9. The van der Waals surface area contributed by atoms with Crippen LogP contribution < -0.4 is 15.1 Å². The van der Waals surface area contributed by atoms with Crippen molar-refractivity contribution in [1.29, 1.82) is 0 Å². The van der Waals surface area contributed by atoms with E-state index in [1.54, 1.807) is 0 Å². The summed E-state index contributed by atoms with van der Waals surface area (Å²) in [5, 5.41) is 6.13. The van der Waals surface area contributed by atoms with Gasteiger partial charge >= 0.3 is 0 Å². The van der Waals surface area contributed by atoms with Crippen molar-refractivity contribution >= 4 is 61.6 Å². The van der Waals surface area contributed by atoms with Crippen molar-refractivity contribution in [2.45, 2.75) is 12.8 Å². The molecule has 0 saturated heterocycles. The molecule has 1 aromatic heterocycles. The van der Waals surface area contributed by atoms with Gasteiger partial charge < -0.3 is 19.7 Å². The van der Waals surface area contributed by atoms with Crippen LogP contribution in [-0.4, -0.2) is 4.57 Å². The maximum atomic E-state index is 3.67. The molecule has 0 unspecified atom stereocenters. The molecule has 278 valence electrons. The number of benzene rings is 8. The molecule has 8 aromatic carbocycles. The molecule has 1 N–H and O–H groups in total. The minimum Gasteiger partial charge on any atom is -0.355 e. The van der Waals surface area contributed by atoms with E-state index in [9.17, 15) is 0 Å². The molecule has 0 saturated carbocycles. The molecule has 1 aliphatic carbocycles. The Morgan fingerprint density at radius 1 is 0.414 bits per heavy atom. The summed E-state index contributed by atoms with van der Waals surface area (Å²) in [5.74, 6) is 0. The topological polar surface area (TPSA) is 23.4 Å². The Bertz CT molecular complexity index is 2910. The van der Waals surface area contributed by atoms with E-state index in [0.717, 1.165) is 75.1 Å². The van der Waals surface area contributed by atoms with Crippen LogP contribution in [-0.2, 0) is 0 Å². The zero-order chi connectivity index (χ0) is 38.7. The van der Waals surface area contributed by atoms with Gasteiger partial charge in [-0.25, -0.2) is 0 Å². The number of nitrogens with one attached hydrogen (secondary N) is 1. The molecule has 9 aromatic rings. The molecule has 0 aliphatic heterocycles. The van der Waals surface area contributed by atoms with Gasteiger partial charge in [0.25, 0.3) is 0 Å². The molecule has 0 fully saturated rings. The number of hydrogen-bond donors (Lipinski definition) is 1. The van der Waals surface area contributed by atoms with Gasteiger partial charge in [0.15, 0.2) is 0 Å². The minimum atomic E-state index is 1.06. The molecule has 58 heavy (non-hydrogen) atoms. The summed E-state index contributed by atoms with van der Waals surface area (Å²) in [6.07, 6.45) is 8.83. The Morgan fingerprint density at radius 3 is 1.67 bits per heavy atom. The second-order valence-electron chi connectivity index (χ2n) is 14.6. The first kappa shape index (κ1) is 34.9. The van der Waals surface area contributed by atoms with Crippen molar-refractivity contribution in [1.82, 2.24) is 4.57 Å². The summed E-state index contributed by atoms with van der Waals surface area (Å²) in [6.45, 7) is 0. The summed E-state index contributed by atoms with van der Waals surface area (Å²) < 4.78 is 2.38. The third-order valence-corrected chi connectivity index (χ3v) is 10.9. The maximum Gasteiger partial charge on any atom is 0.0561 e. The average Bonchev–Trinajstić information content (AvgIpc) is 3.62. The van der Waals surface area contributed by atoms with E-state index < -0.39 is 0 Å². The van der Waals surface area contributed by atoms with E-state index >= 15 is 0 Å². The van der Waals surface area contributed by atoms with E-state index in [-0.39, 0.29) is 0 Å². The first-order chi connectivity index (χ1) is 28.8. The Morgan fingerprint density at radius 2 is 0.966 bits per heavy atom. The molecule has 1 aliphatic rings. The number of hydrogen-bond acceptors (Lipinski definition) is 3. The molecule has 1 heterocycles. The van der Waals surface area contributed by atoms with Crippen LogP contribution in [0.1, 0.15) is 12.8 Å². The number of aromatic nitrogens is 1. The van der Waals surface area contributed by atoms with Crippen molar-refractivity contribution in [3.8, 4) is 16.8 Å². The summed E-state index contributed by atoms with van der Waals surface area (Å²) in [4.78, 5) is 4.71. The van der Waals surface area contributed by atoms with E-state index in [0.29, 0.717) is 0 Å². The highest BCUT2D eigenvalue weighted by Gasteiger charge is 2.20. The molecule has 0 amide bonds. The quantitative estimate of drug-likeness (QED) is 0.151. The lowest BCUT2D eigenvalue weighted by Gasteiger charge is -2.29. The van der Waals surface area contributed by atoms with Gasteiger partial charge in [0.2, 0.25) is 0 Å². The van der Waals surface area contributed by atoms with Crippen LogP contribution in [0.2, 0.25) is 0 Å². The largest absolute Gasteiger partial charge is 0.355 e. The van der Waals surface area contributed by atoms with E-state index in [1.807, 2.05) is 0 Å². The first-order valence-electron chi connectivity index (χ1n) is 20.0. The Hall–Kier alpha value is -7.56. The van der Waals surface area contributed by atoms with Crippen LogP contribution in [0, 0.1) is 0 Å². The van der Waals surface area contributed by atoms with E-state index in [1.165, 1.54) is 21.9 Å². The maximum absolute atomic E-state index is 3.67. The summed E-state index contributed by atoms with van der Waals surface area (Å²) in [5.41, 5.74) is 14.5. The van der Waals surface area contributed by atoms with Crippen LogP contribution in [0.3, 0.4) is 0 Å². The lowest BCUT2D eigenvalue weighted by atomic mass is 10.0. The Kier molecular flexibility index (Phi) is 9.34. The molecule has 0 atom stereocenters. The second-order valence-corrected chi connectivity index (χ2v) is 14.6. The molecule has 4 nitrogen and oxygen atoms in total. The van der Waals surface area contributed by atoms with Gasteiger partial charge in [-0.2, -0.15) is 0 Å². The highest BCUT2D eigenvalue weighted by atomic mass is 15.2. The van der Waals surface area contributed by atoms with Crippen molar-refractivity contribution in [3.63, 3.8) is 0 Å². The fourth-order valence-electron chi connectivity index (χ4n) is 8.27. The van der Waals surface area contributed by atoms with Gasteiger partial charge in [-0.05, 0) is 115 Å². The van der Waals surface area contributed by atoms with Gasteiger partial charge in [0.1, 0.15) is 0 Å². The van der Waals surface area contributed by atoms with Crippen molar-refractivity contribution in [3.05, 3.63) is 230 Å². The van der Waals surface area contributed by atoms with Crippen LogP contribution in [0.5, 0.6) is 0 Å². The fraction of sp³-hybridized carbons (Fsp3) is 0.0370. The summed E-state index contributed by atoms with van der Waals surface area (Å²) in [7, 11) is 0. The predicted molar refractivity (Wildman–Crippen MR) is 246 cm³/mol. The van der Waals surface area contributed by atoms with Gasteiger partial charge in [-0.15, -0.1) is 0 Å². The lowest BCUT2D eigenvalue weighted by molar-refractivity contribution is 1.02. The molecule has 0 spiro atoms. The van der Waals surface area contributed by atoms with Gasteiger partial charge in [0, 0.05) is 67.5 Å². The van der Waals surface area contributed by atoms with Crippen LogP contribution >= 0.6 is 0 Å². The van der Waals surface area contributed by atoms with Crippen molar-refractivity contribution < 1.29 is 0 Å². The minimum absolute atomic E-state index is 1.06. The van der Waals surface area contributed by atoms with E-state index in [2.05, 4.69) is 244 Å². The zero-order valence-corrected chi connectivity index (χ0v) is 32.1. The smallest absolute Gasteiger partial charge is 0.0561 e. The molecule has 0 bridgehead atoms. The number of para-hydroxylation sites is 5. The van der Waals surface area contributed by atoms with Gasteiger partial charge in [-0.1, -0.05) is 127 Å². The summed E-state index contributed by atoms with van der Waals surface area (Å²) >= 11 is 0. The second kappa shape index (κ2) is 15.5. The van der Waals surface area contributed by atoms with Crippen LogP contribution in [0.4, 0.5) is 39.8 Å². The Labute approximate surface area is 339 Å². The summed E-state index contributed by atoms with van der Waals surface area (Å²) in [6, 6.07) is 73.9. The standard InChI is InChI=1S/C54H42N4/c1-5-18-41(19-6-1)55-52-30-15-13-28-49(52)40-32-34-45(35-33-40)56(42-20-7-2-8-21-42)46-26-17-27-47(38-46)57(43-22-9-3-10-23-43)48-36-37-51-50-29-14-16-31-53(50)58(54(51)39-48)44-24-11-4-12-25-44/h2-5,7-39,55H,1,6H2. The van der Waals surface area contributed by atoms with Crippen LogP contribution in [0.25, 0.3) is 38.6 Å². The predicted octanol–water partition coefficient (Wildman–Crippen LogP) is 15.0.